The van der Waals surface area contributed by atoms with Gasteiger partial charge in [-0.1, -0.05) is 38.5 Å². The molecule has 1 heteroatoms. The van der Waals surface area contributed by atoms with Crippen LogP contribution in [0.5, 0.6) is 0 Å². The fourth-order valence-corrected chi connectivity index (χ4v) is 3.13. The van der Waals surface area contributed by atoms with Gasteiger partial charge in [-0.15, -0.1) is 0 Å². The molecule has 1 atom stereocenters. The quantitative estimate of drug-likeness (QED) is 0.834. The Morgan fingerprint density at radius 3 is 2.78 bits per heavy atom. The third-order valence-corrected chi connectivity index (χ3v) is 4.50. The summed E-state index contributed by atoms with van der Waals surface area (Å²) in [6.07, 6.45) is 5.41. The molecule has 0 bridgehead atoms. The van der Waals surface area contributed by atoms with Crippen molar-refractivity contribution in [2.75, 3.05) is 0 Å². The maximum atomic E-state index is 3.76. The largest absolute Gasteiger partial charge is 0.310 e. The van der Waals surface area contributed by atoms with Crippen molar-refractivity contribution in [3.05, 3.63) is 34.9 Å². The van der Waals surface area contributed by atoms with E-state index in [0.29, 0.717) is 11.5 Å². The van der Waals surface area contributed by atoms with Crippen molar-refractivity contribution in [1.29, 1.82) is 0 Å². The van der Waals surface area contributed by atoms with Gasteiger partial charge in [-0.05, 0) is 55.2 Å². The van der Waals surface area contributed by atoms with Crippen LogP contribution in [0.4, 0.5) is 0 Å². The molecule has 0 aromatic heterocycles. The third-order valence-electron chi connectivity index (χ3n) is 4.50. The summed E-state index contributed by atoms with van der Waals surface area (Å²) < 4.78 is 0. The Kier molecular flexibility index (Phi) is 4.11. The van der Waals surface area contributed by atoms with E-state index >= 15 is 0 Å². The van der Waals surface area contributed by atoms with Gasteiger partial charge in [-0.2, -0.15) is 0 Å². The second-order valence-corrected chi connectivity index (χ2v) is 6.70. The van der Waals surface area contributed by atoms with E-state index in [-0.39, 0.29) is 0 Å². The SMILES string of the molecule is Cc1cccc(CNC2CCCC(C)(C)C2)c1C. The topological polar surface area (TPSA) is 12.0 Å². The average molecular weight is 245 g/mol. The molecule has 0 amide bonds. The zero-order valence-corrected chi connectivity index (χ0v) is 12.3. The van der Waals surface area contributed by atoms with Gasteiger partial charge in [0.1, 0.15) is 0 Å². The molecule has 0 spiro atoms. The summed E-state index contributed by atoms with van der Waals surface area (Å²) >= 11 is 0. The van der Waals surface area contributed by atoms with Gasteiger partial charge in [0.25, 0.3) is 0 Å². The highest BCUT2D eigenvalue weighted by atomic mass is 14.9. The van der Waals surface area contributed by atoms with Crippen molar-refractivity contribution in [2.24, 2.45) is 5.41 Å². The summed E-state index contributed by atoms with van der Waals surface area (Å²) in [4.78, 5) is 0. The predicted octanol–water partition coefficient (Wildman–Crippen LogP) is 4.36. The monoisotopic (exact) mass is 245 g/mol. The van der Waals surface area contributed by atoms with Gasteiger partial charge in [0.2, 0.25) is 0 Å². The fraction of sp³-hybridized carbons (Fsp3) is 0.647. The summed E-state index contributed by atoms with van der Waals surface area (Å²) in [6, 6.07) is 7.32. The first-order valence-corrected chi connectivity index (χ1v) is 7.26. The molecule has 1 aliphatic rings. The molecule has 2 rings (SSSR count). The van der Waals surface area contributed by atoms with E-state index in [9.17, 15) is 0 Å². The number of rotatable bonds is 3. The summed E-state index contributed by atoms with van der Waals surface area (Å²) in [5, 5.41) is 3.76. The van der Waals surface area contributed by atoms with Crippen LogP contribution in [0.15, 0.2) is 18.2 Å². The van der Waals surface area contributed by atoms with Gasteiger partial charge < -0.3 is 5.32 Å². The lowest BCUT2D eigenvalue weighted by atomic mass is 9.75. The molecular formula is C17H27N. The van der Waals surface area contributed by atoms with Crippen molar-refractivity contribution < 1.29 is 0 Å². The molecule has 0 aliphatic heterocycles. The molecule has 1 fully saturated rings. The standard InChI is InChI=1S/C17H27N/c1-13-7-5-8-15(14(13)2)12-18-16-9-6-10-17(3,4)11-16/h5,7-8,16,18H,6,9-12H2,1-4H3. The summed E-state index contributed by atoms with van der Waals surface area (Å²) in [7, 11) is 0. The Bertz CT molecular complexity index is 406. The Morgan fingerprint density at radius 2 is 2.06 bits per heavy atom. The van der Waals surface area contributed by atoms with Crippen LogP contribution in [-0.4, -0.2) is 6.04 Å². The molecule has 0 heterocycles. The summed E-state index contributed by atoms with van der Waals surface area (Å²) in [5.41, 5.74) is 4.83. The van der Waals surface area contributed by atoms with Crippen LogP contribution >= 0.6 is 0 Å². The van der Waals surface area contributed by atoms with Crippen LogP contribution < -0.4 is 5.32 Å². The Hall–Kier alpha value is -0.820. The number of hydrogen-bond acceptors (Lipinski definition) is 1. The molecule has 1 saturated carbocycles. The lowest BCUT2D eigenvalue weighted by Gasteiger charge is -2.35. The first-order chi connectivity index (χ1) is 8.48. The smallest absolute Gasteiger partial charge is 0.0210 e. The fourth-order valence-electron chi connectivity index (χ4n) is 3.13. The van der Waals surface area contributed by atoms with Crippen LogP contribution in [0.3, 0.4) is 0 Å². The molecule has 0 radical (unpaired) electrons. The Morgan fingerprint density at radius 1 is 1.28 bits per heavy atom. The van der Waals surface area contributed by atoms with Gasteiger partial charge in [0.05, 0.1) is 0 Å². The molecule has 0 saturated heterocycles. The minimum absolute atomic E-state index is 0.525. The normalized spacial score (nSPS) is 23.0. The summed E-state index contributed by atoms with van der Waals surface area (Å²) in [6.45, 7) is 10.3. The molecule has 1 N–H and O–H groups in total. The zero-order valence-electron chi connectivity index (χ0n) is 12.3. The lowest BCUT2D eigenvalue weighted by molar-refractivity contribution is 0.197. The first kappa shape index (κ1) is 13.6. The molecule has 1 unspecified atom stereocenters. The van der Waals surface area contributed by atoms with Crippen molar-refractivity contribution in [1.82, 2.24) is 5.32 Å². The van der Waals surface area contributed by atoms with Gasteiger partial charge in [0.15, 0.2) is 0 Å². The second-order valence-electron chi connectivity index (χ2n) is 6.70. The predicted molar refractivity (Wildman–Crippen MR) is 78.8 cm³/mol. The Balaban J connectivity index is 1.93. The van der Waals surface area contributed by atoms with Crippen LogP contribution in [-0.2, 0) is 6.54 Å². The van der Waals surface area contributed by atoms with E-state index in [0.717, 1.165) is 6.54 Å². The van der Waals surface area contributed by atoms with E-state index in [1.54, 1.807) is 0 Å². The van der Waals surface area contributed by atoms with Crippen LogP contribution in [0.25, 0.3) is 0 Å². The third kappa shape index (κ3) is 3.35. The molecule has 1 aromatic rings. The lowest BCUT2D eigenvalue weighted by Crippen LogP contribution is -2.37. The van der Waals surface area contributed by atoms with Gasteiger partial charge in [-0.3, -0.25) is 0 Å². The number of benzene rings is 1. The highest BCUT2D eigenvalue weighted by molar-refractivity contribution is 5.32. The summed E-state index contributed by atoms with van der Waals surface area (Å²) in [5.74, 6) is 0. The Labute approximate surface area is 112 Å². The van der Waals surface area contributed by atoms with Crippen molar-refractivity contribution in [2.45, 2.75) is 66.0 Å². The highest BCUT2D eigenvalue weighted by Gasteiger charge is 2.27. The number of nitrogens with one attached hydrogen (secondary N) is 1. The van der Waals surface area contributed by atoms with E-state index < -0.39 is 0 Å². The van der Waals surface area contributed by atoms with Gasteiger partial charge in [0, 0.05) is 12.6 Å². The van der Waals surface area contributed by atoms with Crippen molar-refractivity contribution in [3.63, 3.8) is 0 Å². The first-order valence-electron chi connectivity index (χ1n) is 7.26. The minimum Gasteiger partial charge on any atom is -0.310 e. The maximum Gasteiger partial charge on any atom is 0.0210 e. The van der Waals surface area contributed by atoms with Crippen LogP contribution in [0.2, 0.25) is 0 Å². The molecule has 1 nitrogen and oxygen atoms in total. The molecule has 100 valence electrons. The number of hydrogen-bond donors (Lipinski definition) is 1. The van der Waals surface area contributed by atoms with Gasteiger partial charge in [-0.25, -0.2) is 0 Å². The van der Waals surface area contributed by atoms with Gasteiger partial charge >= 0.3 is 0 Å². The van der Waals surface area contributed by atoms with Crippen LogP contribution in [0.1, 0.15) is 56.2 Å². The average Bonchev–Trinajstić information content (AvgIpc) is 2.30. The minimum atomic E-state index is 0.525. The number of aryl methyl sites for hydroxylation is 1. The second kappa shape index (κ2) is 5.44. The van der Waals surface area contributed by atoms with E-state index in [1.807, 2.05) is 0 Å². The molecule has 18 heavy (non-hydrogen) atoms. The molecule has 1 aliphatic carbocycles. The highest BCUT2D eigenvalue weighted by Crippen LogP contribution is 2.35. The van der Waals surface area contributed by atoms with Crippen LogP contribution in [0, 0.1) is 19.3 Å². The maximum absolute atomic E-state index is 3.76. The zero-order chi connectivity index (χ0) is 13.2. The van der Waals surface area contributed by atoms with E-state index in [1.165, 1.54) is 42.4 Å². The molecule has 1 aromatic carbocycles. The van der Waals surface area contributed by atoms with Crippen molar-refractivity contribution >= 4 is 0 Å². The van der Waals surface area contributed by atoms with E-state index in [4.69, 9.17) is 0 Å². The van der Waals surface area contributed by atoms with E-state index in [2.05, 4.69) is 51.2 Å². The molecular weight excluding hydrogens is 218 g/mol. The van der Waals surface area contributed by atoms with Crippen molar-refractivity contribution in [3.8, 4) is 0 Å².